The normalized spacial score (nSPS) is 15.8. The summed E-state index contributed by atoms with van der Waals surface area (Å²) >= 11 is 3.37. The first-order valence-electron chi connectivity index (χ1n) is 7.46. The van der Waals surface area contributed by atoms with Crippen LogP contribution in [0.3, 0.4) is 0 Å². The van der Waals surface area contributed by atoms with Gasteiger partial charge in [-0.25, -0.2) is 0 Å². The third kappa shape index (κ3) is 2.46. The largest absolute Gasteiger partial charge is 0.321 e. The third-order valence-electron chi connectivity index (χ3n) is 4.09. The van der Waals surface area contributed by atoms with E-state index in [1.165, 1.54) is 0 Å². The molecule has 2 aromatic carbocycles. The third-order valence-corrected chi connectivity index (χ3v) is 4.62. The van der Waals surface area contributed by atoms with Crippen LogP contribution >= 0.6 is 15.9 Å². The van der Waals surface area contributed by atoms with Crippen molar-refractivity contribution in [1.82, 2.24) is 10.6 Å². The van der Waals surface area contributed by atoms with Crippen molar-refractivity contribution in [3.8, 4) is 6.07 Å². The van der Waals surface area contributed by atoms with Crippen LogP contribution in [0.25, 0.3) is 11.4 Å². The molecule has 2 aromatic rings. The summed E-state index contributed by atoms with van der Waals surface area (Å²) in [6.45, 7) is 0. The van der Waals surface area contributed by atoms with E-state index in [0.717, 1.165) is 10.0 Å². The molecule has 4 rings (SSSR count). The summed E-state index contributed by atoms with van der Waals surface area (Å²) in [5.74, 6) is -0.660. The Balaban J connectivity index is 1.90. The van der Waals surface area contributed by atoms with E-state index >= 15 is 0 Å². The quantitative estimate of drug-likeness (QED) is 0.825. The number of rotatable bonds is 2. The molecular weight excluding hydrogens is 382 g/mol. The van der Waals surface area contributed by atoms with Crippen molar-refractivity contribution in [2.45, 2.75) is 0 Å². The topological polar surface area (TPSA) is 82.0 Å². The number of hydrogen-bond donors (Lipinski definition) is 2. The summed E-state index contributed by atoms with van der Waals surface area (Å²) in [7, 11) is 0. The highest BCUT2D eigenvalue weighted by molar-refractivity contribution is 9.10. The summed E-state index contributed by atoms with van der Waals surface area (Å²) in [5, 5.41) is 14.6. The van der Waals surface area contributed by atoms with Crippen LogP contribution in [0, 0.1) is 11.3 Å². The van der Waals surface area contributed by atoms with Crippen LogP contribution in [-0.2, 0) is 9.59 Å². The molecule has 2 amide bonds. The Morgan fingerprint density at radius 2 is 1.44 bits per heavy atom. The lowest BCUT2D eigenvalue weighted by atomic mass is 10.0. The molecular formula is C19H10BrN3O2. The highest BCUT2D eigenvalue weighted by Crippen LogP contribution is 2.37. The van der Waals surface area contributed by atoms with Gasteiger partial charge in [-0.15, -0.1) is 0 Å². The smallest absolute Gasteiger partial charge is 0.258 e. The van der Waals surface area contributed by atoms with Crippen LogP contribution in [-0.4, -0.2) is 11.8 Å². The molecule has 2 aliphatic heterocycles. The fraction of sp³-hybridized carbons (Fsp3) is 0. The van der Waals surface area contributed by atoms with Gasteiger partial charge in [0.25, 0.3) is 11.8 Å². The maximum absolute atomic E-state index is 12.5. The molecule has 0 radical (unpaired) electrons. The Bertz CT molecular complexity index is 1040. The zero-order valence-electron chi connectivity index (χ0n) is 12.8. The lowest BCUT2D eigenvalue weighted by Gasteiger charge is -2.07. The Kier molecular flexibility index (Phi) is 3.52. The highest BCUT2D eigenvalue weighted by Gasteiger charge is 2.40. The minimum absolute atomic E-state index is 0.318. The van der Waals surface area contributed by atoms with Gasteiger partial charge in [0.05, 0.1) is 34.2 Å². The van der Waals surface area contributed by atoms with Gasteiger partial charge in [-0.3, -0.25) is 9.59 Å². The van der Waals surface area contributed by atoms with E-state index < -0.39 is 0 Å². The number of fused-ring (bicyclic) bond motifs is 1. The zero-order chi connectivity index (χ0) is 17.6. The van der Waals surface area contributed by atoms with Crippen molar-refractivity contribution in [2.24, 2.45) is 0 Å². The zero-order valence-corrected chi connectivity index (χ0v) is 14.3. The van der Waals surface area contributed by atoms with Gasteiger partial charge in [-0.1, -0.05) is 40.2 Å². The first kappa shape index (κ1) is 15.4. The molecule has 0 atom stereocenters. The monoisotopic (exact) mass is 391 g/mol. The van der Waals surface area contributed by atoms with E-state index in [2.05, 4.69) is 32.6 Å². The van der Waals surface area contributed by atoms with E-state index in [1.807, 2.05) is 24.3 Å². The van der Waals surface area contributed by atoms with Crippen molar-refractivity contribution in [1.29, 1.82) is 5.26 Å². The molecule has 0 saturated carbocycles. The van der Waals surface area contributed by atoms with Crippen molar-refractivity contribution < 1.29 is 9.59 Å². The second kappa shape index (κ2) is 5.72. The molecule has 0 unspecified atom stereocenters. The number of nitrogens with zero attached hydrogens (tertiary/aromatic N) is 1. The Morgan fingerprint density at radius 1 is 0.840 bits per heavy atom. The highest BCUT2D eigenvalue weighted by atomic mass is 79.9. The van der Waals surface area contributed by atoms with Crippen LogP contribution in [0.2, 0.25) is 0 Å². The van der Waals surface area contributed by atoms with Crippen LogP contribution in [0.1, 0.15) is 16.7 Å². The molecule has 0 saturated heterocycles. The van der Waals surface area contributed by atoms with Gasteiger partial charge in [-0.05, 0) is 29.8 Å². The maximum Gasteiger partial charge on any atom is 0.258 e. The van der Waals surface area contributed by atoms with Gasteiger partial charge in [0, 0.05) is 10.0 Å². The number of nitrogens with one attached hydrogen (secondary N) is 2. The van der Waals surface area contributed by atoms with Gasteiger partial charge >= 0.3 is 0 Å². The van der Waals surface area contributed by atoms with Crippen LogP contribution in [0.5, 0.6) is 0 Å². The number of amides is 2. The lowest BCUT2D eigenvalue weighted by Crippen LogP contribution is -2.21. The molecule has 0 aromatic heterocycles. The number of hydrogen-bond acceptors (Lipinski definition) is 3. The second-order valence-corrected chi connectivity index (χ2v) is 6.52. The lowest BCUT2D eigenvalue weighted by molar-refractivity contribution is -0.117. The average molecular weight is 392 g/mol. The minimum atomic E-state index is -0.330. The summed E-state index contributed by atoms with van der Waals surface area (Å²) in [5.41, 5.74) is 3.43. The van der Waals surface area contributed by atoms with Crippen LogP contribution < -0.4 is 10.6 Å². The molecule has 0 bridgehead atoms. The van der Waals surface area contributed by atoms with Gasteiger partial charge in [0.1, 0.15) is 0 Å². The van der Waals surface area contributed by atoms with E-state index in [0.29, 0.717) is 33.7 Å². The SMILES string of the molecule is N#Cc1cccc(C2=C3C(=O)NC(c4ccc(Br)cc4)=C3C(=O)N2)c1. The first-order chi connectivity index (χ1) is 12.1. The molecule has 120 valence electrons. The van der Waals surface area contributed by atoms with Crippen molar-refractivity contribution in [3.05, 3.63) is 80.8 Å². The van der Waals surface area contributed by atoms with E-state index in [4.69, 9.17) is 5.26 Å². The number of halogens is 1. The average Bonchev–Trinajstić information content (AvgIpc) is 3.15. The summed E-state index contributed by atoms with van der Waals surface area (Å²) in [4.78, 5) is 25.0. The van der Waals surface area contributed by atoms with Gasteiger partial charge in [0.15, 0.2) is 0 Å². The predicted octanol–water partition coefficient (Wildman–Crippen LogP) is 2.70. The predicted molar refractivity (Wildman–Crippen MR) is 95.4 cm³/mol. The summed E-state index contributed by atoms with van der Waals surface area (Å²) in [6, 6.07) is 16.2. The first-order valence-corrected chi connectivity index (χ1v) is 8.26. The Hall–Kier alpha value is -3.17. The van der Waals surface area contributed by atoms with Crippen molar-refractivity contribution in [2.75, 3.05) is 0 Å². The van der Waals surface area contributed by atoms with Crippen molar-refractivity contribution >= 4 is 39.1 Å². The molecule has 2 aliphatic rings. The summed E-state index contributed by atoms with van der Waals surface area (Å²) in [6.07, 6.45) is 0. The van der Waals surface area contributed by atoms with Crippen LogP contribution in [0.4, 0.5) is 0 Å². The number of benzene rings is 2. The molecule has 5 nitrogen and oxygen atoms in total. The van der Waals surface area contributed by atoms with Crippen molar-refractivity contribution in [3.63, 3.8) is 0 Å². The molecule has 6 heteroatoms. The fourth-order valence-corrected chi connectivity index (χ4v) is 3.24. The van der Waals surface area contributed by atoms with Gasteiger partial charge in [0.2, 0.25) is 0 Å². The van der Waals surface area contributed by atoms with Crippen LogP contribution in [0.15, 0.2) is 64.1 Å². The molecule has 2 N–H and O–H groups in total. The molecule has 0 aliphatic carbocycles. The molecule has 25 heavy (non-hydrogen) atoms. The number of carbonyl (C=O) groups excluding carboxylic acids is 2. The molecule has 0 spiro atoms. The van der Waals surface area contributed by atoms with E-state index in [-0.39, 0.29) is 11.8 Å². The fourth-order valence-electron chi connectivity index (χ4n) is 2.98. The number of nitriles is 1. The Morgan fingerprint density at radius 3 is 2.04 bits per heavy atom. The number of carbonyl (C=O) groups is 2. The van der Waals surface area contributed by atoms with E-state index in [9.17, 15) is 9.59 Å². The molecule has 2 heterocycles. The Labute approximate surface area is 151 Å². The standard InChI is InChI=1S/C19H10BrN3O2/c20-13-6-4-11(5-7-13)16-14-15(19(25)22-16)17(23-18(14)24)12-3-1-2-10(8-12)9-21/h1-8H,(H,22,25)(H,23,24). The van der Waals surface area contributed by atoms with E-state index in [1.54, 1.807) is 24.3 Å². The summed E-state index contributed by atoms with van der Waals surface area (Å²) < 4.78 is 0.909. The second-order valence-electron chi connectivity index (χ2n) is 5.61. The maximum atomic E-state index is 12.5. The molecule has 0 fully saturated rings. The van der Waals surface area contributed by atoms with Gasteiger partial charge in [-0.2, -0.15) is 5.26 Å². The minimum Gasteiger partial charge on any atom is -0.321 e. The van der Waals surface area contributed by atoms with Gasteiger partial charge < -0.3 is 10.6 Å².